The number of nitrogens with zero attached hydrogens (tertiary/aromatic N) is 5. The van der Waals surface area contributed by atoms with E-state index in [2.05, 4.69) is 16.1 Å². The summed E-state index contributed by atoms with van der Waals surface area (Å²) in [4.78, 5) is 17.5. The van der Waals surface area contributed by atoms with Crippen LogP contribution in [0.4, 0.5) is 0 Å². The van der Waals surface area contributed by atoms with Crippen LogP contribution in [-0.2, 0) is 17.8 Å². The average Bonchev–Trinajstić information content (AvgIpc) is 2.97. The van der Waals surface area contributed by atoms with Crippen LogP contribution in [0.5, 0.6) is 0 Å². The zero-order chi connectivity index (χ0) is 23.4. The molecule has 0 saturated carbocycles. The lowest BCUT2D eigenvalue weighted by molar-refractivity contribution is -0.130. The number of carbonyl (C=O) groups is 1. The summed E-state index contributed by atoms with van der Waals surface area (Å²) in [5.74, 6) is 0.150. The second kappa shape index (κ2) is 10.2. The van der Waals surface area contributed by atoms with Gasteiger partial charge in [-0.25, -0.2) is 4.68 Å². The predicted octanol–water partition coefficient (Wildman–Crippen LogP) is 4.29. The van der Waals surface area contributed by atoms with E-state index >= 15 is 0 Å². The molecule has 3 aromatic rings. The Morgan fingerprint density at radius 3 is 2.45 bits per heavy atom. The van der Waals surface area contributed by atoms with Gasteiger partial charge in [-0.15, -0.1) is 0 Å². The molecule has 0 aliphatic carbocycles. The predicted molar refractivity (Wildman–Crippen MR) is 129 cm³/mol. The van der Waals surface area contributed by atoms with Gasteiger partial charge in [0.2, 0.25) is 5.91 Å². The van der Waals surface area contributed by atoms with Crippen LogP contribution in [0.2, 0.25) is 5.02 Å². The molecule has 0 radical (unpaired) electrons. The van der Waals surface area contributed by atoms with Gasteiger partial charge in [0.05, 0.1) is 29.4 Å². The van der Waals surface area contributed by atoms with Crippen LogP contribution >= 0.6 is 11.6 Å². The first-order valence-corrected chi connectivity index (χ1v) is 11.6. The van der Waals surface area contributed by atoms with Gasteiger partial charge in [0, 0.05) is 49.0 Å². The van der Waals surface area contributed by atoms with Gasteiger partial charge in [-0.05, 0) is 62.2 Å². The van der Waals surface area contributed by atoms with Crippen molar-refractivity contribution in [1.29, 1.82) is 5.26 Å². The fourth-order valence-electron chi connectivity index (χ4n) is 4.35. The second-order valence-electron chi connectivity index (χ2n) is 8.53. The maximum Gasteiger partial charge on any atom is 0.227 e. The van der Waals surface area contributed by atoms with Crippen LogP contribution in [0.1, 0.15) is 34.5 Å². The largest absolute Gasteiger partial charge is 0.341 e. The van der Waals surface area contributed by atoms with Crippen molar-refractivity contribution in [1.82, 2.24) is 19.6 Å². The van der Waals surface area contributed by atoms with Crippen LogP contribution in [0.25, 0.3) is 5.69 Å². The standard InChI is InChI=1S/C26H28ClN5O/c1-19-25(20(2)32(29-19)24-10-8-23(27)9-11-24)16-26(33)31-13-3-12-30(14-15-31)18-22-6-4-21(17-28)5-7-22/h4-11H,3,12-16,18H2,1-2H3. The summed E-state index contributed by atoms with van der Waals surface area (Å²) in [5.41, 5.74) is 5.67. The van der Waals surface area contributed by atoms with E-state index in [4.69, 9.17) is 16.9 Å². The number of amides is 1. The summed E-state index contributed by atoms with van der Waals surface area (Å²) >= 11 is 6.02. The van der Waals surface area contributed by atoms with Gasteiger partial charge in [-0.2, -0.15) is 10.4 Å². The molecule has 0 N–H and O–H groups in total. The molecule has 170 valence electrons. The molecule has 1 fully saturated rings. The Hall–Kier alpha value is -3.14. The van der Waals surface area contributed by atoms with Gasteiger partial charge in [0.15, 0.2) is 0 Å². The van der Waals surface area contributed by atoms with Crippen molar-refractivity contribution in [2.45, 2.75) is 33.2 Å². The zero-order valence-corrected chi connectivity index (χ0v) is 19.8. The highest BCUT2D eigenvalue weighted by Crippen LogP contribution is 2.21. The first kappa shape index (κ1) is 23.0. The fraction of sp³-hybridized carbons (Fsp3) is 0.346. The highest BCUT2D eigenvalue weighted by atomic mass is 35.5. The molecule has 2 heterocycles. The Balaban J connectivity index is 1.39. The van der Waals surface area contributed by atoms with Gasteiger partial charge in [0.25, 0.3) is 0 Å². The molecule has 0 spiro atoms. The number of aryl methyl sites for hydroxylation is 1. The third-order valence-electron chi connectivity index (χ3n) is 6.27. The van der Waals surface area contributed by atoms with Crippen molar-refractivity contribution in [2.24, 2.45) is 0 Å². The Labute approximate surface area is 200 Å². The maximum absolute atomic E-state index is 13.2. The van der Waals surface area contributed by atoms with E-state index in [1.165, 1.54) is 5.56 Å². The number of hydrogen-bond donors (Lipinski definition) is 0. The lowest BCUT2D eigenvalue weighted by Crippen LogP contribution is -2.36. The van der Waals surface area contributed by atoms with E-state index in [1.807, 2.05) is 72.0 Å². The van der Waals surface area contributed by atoms with Crippen LogP contribution in [0.15, 0.2) is 48.5 Å². The number of aromatic nitrogens is 2. The van der Waals surface area contributed by atoms with Gasteiger partial charge in [-0.1, -0.05) is 23.7 Å². The first-order chi connectivity index (χ1) is 15.9. The molecule has 33 heavy (non-hydrogen) atoms. The summed E-state index contributed by atoms with van der Waals surface area (Å²) in [6.45, 7) is 8.09. The number of hydrogen-bond acceptors (Lipinski definition) is 4. The number of halogens is 1. The quantitative estimate of drug-likeness (QED) is 0.568. The SMILES string of the molecule is Cc1nn(-c2ccc(Cl)cc2)c(C)c1CC(=O)N1CCCN(Cc2ccc(C#N)cc2)CC1. The summed E-state index contributed by atoms with van der Waals surface area (Å²) in [5, 5.41) is 14.3. The third-order valence-corrected chi connectivity index (χ3v) is 6.52. The van der Waals surface area contributed by atoms with Crippen molar-refractivity contribution in [3.05, 3.63) is 81.6 Å². The van der Waals surface area contributed by atoms with Crippen molar-refractivity contribution in [3.8, 4) is 11.8 Å². The molecular formula is C26H28ClN5O. The zero-order valence-electron chi connectivity index (χ0n) is 19.1. The average molecular weight is 462 g/mol. The maximum atomic E-state index is 13.2. The minimum absolute atomic E-state index is 0.150. The molecule has 1 aliphatic rings. The molecule has 0 atom stereocenters. The number of nitriles is 1. The molecule has 1 amide bonds. The van der Waals surface area contributed by atoms with Gasteiger partial charge in [-0.3, -0.25) is 9.69 Å². The molecule has 0 bridgehead atoms. The van der Waals surface area contributed by atoms with E-state index < -0.39 is 0 Å². The lowest BCUT2D eigenvalue weighted by Gasteiger charge is -2.22. The van der Waals surface area contributed by atoms with Crippen molar-refractivity contribution >= 4 is 17.5 Å². The van der Waals surface area contributed by atoms with E-state index in [9.17, 15) is 4.79 Å². The molecule has 7 heteroatoms. The molecular weight excluding hydrogens is 434 g/mol. The molecule has 4 rings (SSSR count). The van der Waals surface area contributed by atoms with Gasteiger partial charge in [0.1, 0.15) is 0 Å². The molecule has 6 nitrogen and oxygen atoms in total. The molecule has 1 aromatic heterocycles. The smallest absolute Gasteiger partial charge is 0.227 e. The van der Waals surface area contributed by atoms with E-state index in [1.54, 1.807) is 0 Å². The Morgan fingerprint density at radius 1 is 1.03 bits per heavy atom. The Morgan fingerprint density at radius 2 is 1.76 bits per heavy atom. The van der Waals surface area contributed by atoms with Gasteiger partial charge >= 0.3 is 0 Å². The molecule has 1 aliphatic heterocycles. The molecule has 1 saturated heterocycles. The Kier molecular flexibility index (Phi) is 7.12. The lowest BCUT2D eigenvalue weighted by atomic mass is 10.1. The van der Waals surface area contributed by atoms with Crippen LogP contribution in [-0.4, -0.2) is 51.7 Å². The fourth-order valence-corrected chi connectivity index (χ4v) is 4.47. The minimum atomic E-state index is 0.150. The van der Waals surface area contributed by atoms with Crippen LogP contribution in [0, 0.1) is 25.2 Å². The van der Waals surface area contributed by atoms with Crippen molar-refractivity contribution in [2.75, 3.05) is 26.2 Å². The van der Waals surface area contributed by atoms with Crippen LogP contribution < -0.4 is 0 Å². The highest BCUT2D eigenvalue weighted by Gasteiger charge is 2.22. The highest BCUT2D eigenvalue weighted by molar-refractivity contribution is 6.30. The molecule has 2 aromatic carbocycles. The van der Waals surface area contributed by atoms with Crippen molar-refractivity contribution in [3.63, 3.8) is 0 Å². The summed E-state index contributed by atoms with van der Waals surface area (Å²) in [6.07, 6.45) is 1.31. The number of rotatable bonds is 5. The van der Waals surface area contributed by atoms with Crippen molar-refractivity contribution < 1.29 is 4.79 Å². The minimum Gasteiger partial charge on any atom is -0.341 e. The van der Waals surface area contributed by atoms with E-state index in [0.717, 1.165) is 61.8 Å². The topological polar surface area (TPSA) is 65.2 Å². The van der Waals surface area contributed by atoms with Crippen LogP contribution in [0.3, 0.4) is 0 Å². The summed E-state index contributed by atoms with van der Waals surface area (Å²) < 4.78 is 1.88. The monoisotopic (exact) mass is 461 g/mol. The summed E-state index contributed by atoms with van der Waals surface area (Å²) in [7, 11) is 0. The second-order valence-corrected chi connectivity index (χ2v) is 8.97. The first-order valence-electron chi connectivity index (χ1n) is 11.2. The Bertz CT molecular complexity index is 1160. The van der Waals surface area contributed by atoms with E-state index in [0.29, 0.717) is 17.0 Å². The number of benzene rings is 2. The molecule has 0 unspecified atom stereocenters. The summed E-state index contributed by atoms with van der Waals surface area (Å²) in [6, 6.07) is 17.5. The van der Waals surface area contributed by atoms with E-state index in [-0.39, 0.29) is 5.91 Å². The normalized spacial score (nSPS) is 14.7. The number of carbonyl (C=O) groups excluding carboxylic acids is 1. The van der Waals surface area contributed by atoms with Gasteiger partial charge < -0.3 is 4.90 Å². The third kappa shape index (κ3) is 5.44.